The van der Waals surface area contributed by atoms with Gasteiger partial charge in [-0.3, -0.25) is 5.32 Å². The van der Waals surface area contributed by atoms with E-state index >= 15 is 0 Å². The first kappa shape index (κ1) is 9.57. The summed E-state index contributed by atoms with van der Waals surface area (Å²) in [5.41, 5.74) is 5.89. The van der Waals surface area contributed by atoms with Crippen LogP contribution in [0.3, 0.4) is 0 Å². The minimum absolute atomic E-state index is 0.145. The molecule has 1 aliphatic carbocycles. The van der Waals surface area contributed by atoms with Gasteiger partial charge in [-0.15, -0.1) is 6.42 Å². The van der Waals surface area contributed by atoms with Gasteiger partial charge in [-0.1, -0.05) is 18.8 Å². The summed E-state index contributed by atoms with van der Waals surface area (Å²) in [6.45, 7) is 2.72. The highest BCUT2D eigenvalue weighted by atomic mass is 15.0. The largest absolute Gasteiger partial charge is 0.329 e. The van der Waals surface area contributed by atoms with Gasteiger partial charge in [-0.05, 0) is 19.8 Å². The molecule has 3 N–H and O–H groups in total. The molecule has 0 spiro atoms. The van der Waals surface area contributed by atoms with Crippen LogP contribution in [0.4, 0.5) is 0 Å². The number of terminal acetylenes is 1. The number of nitrogens with two attached hydrogens (primary N) is 1. The number of hydrogen-bond acceptors (Lipinski definition) is 2. The van der Waals surface area contributed by atoms with Crippen LogP contribution in [0.1, 0.15) is 32.6 Å². The fourth-order valence-corrected chi connectivity index (χ4v) is 1.96. The van der Waals surface area contributed by atoms with Gasteiger partial charge in [0.15, 0.2) is 0 Å². The lowest BCUT2D eigenvalue weighted by atomic mass is 9.97. The van der Waals surface area contributed by atoms with Gasteiger partial charge in [0.05, 0.1) is 6.04 Å². The lowest BCUT2D eigenvalue weighted by molar-refractivity contribution is 0.329. The summed E-state index contributed by atoms with van der Waals surface area (Å²) in [6, 6.07) is 0.145. The average molecular weight is 166 g/mol. The van der Waals surface area contributed by atoms with E-state index in [4.69, 9.17) is 12.2 Å². The summed E-state index contributed by atoms with van der Waals surface area (Å²) in [5, 5.41) is 3.43. The second kappa shape index (κ2) is 3.93. The number of hydrogen-bond donors (Lipinski definition) is 2. The van der Waals surface area contributed by atoms with Crippen molar-refractivity contribution in [3.63, 3.8) is 0 Å². The van der Waals surface area contributed by atoms with Crippen LogP contribution in [0.5, 0.6) is 0 Å². The van der Waals surface area contributed by atoms with Crippen LogP contribution < -0.4 is 11.1 Å². The van der Waals surface area contributed by atoms with Crippen LogP contribution in [0.15, 0.2) is 0 Å². The zero-order valence-corrected chi connectivity index (χ0v) is 7.77. The molecule has 0 aromatic carbocycles. The monoisotopic (exact) mass is 166 g/mol. The van der Waals surface area contributed by atoms with Crippen LogP contribution in [0, 0.1) is 12.3 Å². The first-order chi connectivity index (χ1) is 5.72. The van der Waals surface area contributed by atoms with Gasteiger partial charge >= 0.3 is 0 Å². The zero-order chi connectivity index (χ0) is 9.03. The molecule has 1 unspecified atom stereocenters. The second-order valence-electron chi connectivity index (χ2n) is 3.72. The average Bonchev–Trinajstić information content (AvgIpc) is 2.54. The van der Waals surface area contributed by atoms with Crippen molar-refractivity contribution in [2.45, 2.75) is 44.2 Å². The lowest BCUT2D eigenvalue weighted by Crippen LogP contribution is -2.52. The van der Waals surface area contributed by atoms with Gasteiger partial charge < -0.3 is 5.73 Å². The van der Waals surface area contributed by atoms with E-state index < -0.39 is 0 Å². The summed E-state index contributed by atoms with van der Waals surface area (Å²) in [5.74, 6) is 2.68. The molecule has 1 saturated carbocycles. The number of nitrogens with one attached hydrogen (secondary N) is 1. The van der Waals surface area contributed by atoms with Crippen LogP contribution >= 0.6 is 0 Å². The molecule has 68 valence electrons. The highest BCUT2D eigenvalue weighted by Gasteiger charge is 2.32. The standard InChI is InChI=1S/C10H18N2/c1-3-9(2)12-10(8-11)6-4-5-7-10/h1,9,12H,4-8,11H2,2H3. The van der Waals surface area contributed by atoms with E-state index in [0.717, 1.165) is 0 Å². The fraction of sp³-hybridized carbons (Fsp3) is 0.800. The molecule has 0 aliphatic heterocycles. The zero-order valence-electron chi connectivity index (χ0n) is 7.77. The van der Waals surface area contributed by atoms with E-state index in [9.17, 15) is 0 Å². The molecule has 0 bridgehead atoms. The molecule has 0 aromatic rings. The third-order valence-corrected chi connectivity index (χ3v) is 2.72. The Balaban J connectivity index is 2.50. The van der Waals surface area contributed by atoms with Gasteiger partial charge in [-0.2, -0.15) is 0 Å². The van der Waals surface area contributed by atoms with E-state index in [0.29, 0.717) is 6.54 Å². The molecular weight excluding hydrogens is 148 g/mol. The molecule has 0 radical (unpaired) electrons. The Morgan fingerprint density at radius 2 is 2.17 bits per heavy atom. The third-order valence-electron chi connectivity index (χ3n) is 2.72. The van der Waals surface area contributed by atoms with Crippen LogP contribution in [0.2, 0.25) is 0 Å². The SMILES string of the molecule is C#CC(C)NC1(CN)CCCC1. The summed E-state index contributed by atoms with van der Waals surface area (Å²) in [7, 11) is 0. The minimum Gasteiger partial charge on any atom is -0.329 e. The Morgan fingerprint density at radius 3 is 2.58 bits per heavy atom. The van der Waals surface area contributed by atoms with Crippen molar-refractivity contribution in [1.82, 2.24) is 5.32 Å². The van der Waals surface area contributed by atoms with Crippen LogP contribution in [0.25, 0.3) is 0 Å². The van der Waals surface area contributed by atoms with E-state index in [-0.39, 0.29) is 11.6 Å². The summed E-state index contributed by atoms with van der Waals surface area (Å²) in [6.07, 6.45) is 10.2. The van der Waals surface area contributed by atoms with Gasteiger partial charge in [0.1, 0.15) is 0 Å². The van der Waals surface area contributed by atoms with Gasteiger partial charge in [-0.25, -0.2) is 0 Å². The third kappa shape index (κ3) is 2.00. The van der Waals surface area contributed by atoms with Crippen molar-refractivity contribution < 1.29 is 0 Å². The molecular formula is C10H18N2. The summed E-state index contributed by atoms with van der Waals surface area (Å²) in [4.78, 5) is 0. The van der Waals surface area contributed by atoms with Gasteiger partial charge in [0.2, 0.25) is 0 Å². The summed E-state index contributed by atoms with van der Waals surface area (Å²) >= 11 is 0. The van der Waals surface area contributed by atoms with E-state index in [1.807, 2.05) is 6.92 Å². The Hall–Kier alpha value is -0.520. The lowest BCUT2D eigenvalue weighted by Gasteiger charge is -2.30. The van der Waals surface area contributed by atoms with Gasteiger partial charge in [0, 0.05) is 12.1 Å². The molecule has 0 heterocycles. The normalized spacial score (nSPS) is 23.4. The second-order valence-corrected chi connectivity index (χ2v) is 3.72. The Labute approximate surface area is 74.9 Å². The Kier molecular flexibility index (Phi) is 3.13. The predicted molar refractivity (Wildman–Crippen MR) is 51.7 cm³/mol. The van der Waals surface area contributed by atoms with Crippen molar-refractivity contribution in [2.24, 2.45) is 5.73 Å². The smallest absolute Gasteiger partial charge is 0.0663 e. The summed E-state index contributed by atoms with van der Waals surface area (Å²) < 4.78 is 0. The first-order valence-corrected chi connectivity index (χ1v) is 4.66. The van der Waals surface area contributed by atoms with Crippen LogP contribution in [-0.2, 0) is 0 Å². The number of rotatable bonds is 3. The van der Waals surface area contributed by atoms with E-state index in [1.165, 1.54) is 25.7 Å². The topological polar surface area (TPSA) is 38.0 Å². The molecule has 0 saturated heterocycles. The van der Waals surface area contributed by atoms with Crippen molar-refractivity contribution in [3.05, 3.63) is 0 Å². The maximum Gasteiger partial charge on any atom is 0.0663 e. The maximum absolute atomic E-state index is 5.74. The molecule has 2 heteroatoms. The van der Waals surface area contributed by atoms with Crippen molar-refractivity contribution in [3.8, 4) is 12.3 Å². The molecule has 12 heavy (non-hydrogen) atoms. The van der Waals surface area contributed by atoms with Crippen molar-refractivity contribution in [2.75, 3.05) is 6.54 Å². The highest BCUT2D eigenvalue weighted by Crippen LogP contribution is 2.28. The molecule has 1 atom stereocenters. The Bertz CT molecular complexity index is 175. The molecule has 0 aromatic heterocycles. The maximum atomic E-state index is 5.74. The molecule has 1 fully saturated rings. The van der Waals surface area contributed by atoms with Gasteiger partial charge in [0.25, 0.3) is 0 Å². The predicted octanol–water partition coefficient (Wildman–Crippen LogP) is 0.869. The Morgan fingerprint density at radius 1 is 1.58 bits per heavy atom. The van der Waals surface area contributed by atoms with Crippen molar-refractivity contribution in [1.29, 1.82) is 0 Å². The van der Waals surface area contributed by atoms with Crippen LogP contribution in [-0.4, -0.2) is 18.1 Å². The highest BCUT2D eigenvalue weighted by molar-refractivity contribution is 5.03. The van der Waals surface area contributed by atoms with Crippen molar-refractivity contribution >= 4 is 0 Å². The molecule has 2 nitrogen and oxygen atoms in total. The minimum atomic E-state index is 0.145. The van der Waals surface area contributed by atoms with E-state index in [2.05, 4.69) is 11.2 Å². The quantitative estimate of drug-likeness (QED) is 0.610. The molecule has 1 rings (SSSR count). The van der Waals surface area contributed by atoms with E-state index in [1.54, 1.807) is 0 Å². The molecule has 1 aliphatic rings. The molecule has 0 amide bonds. The first-order valence-electron chi connectivity index (χ1n) is 4.66. The fourth-order valence-electron chi connectivity index (χ4n) is 1.96.